The standard InChI is InChI=1S/C18H21F2N3O5S/c1-23-8-15-12(5-6-18(9-24,10-28-2)22-29(15,26)27)16(23)17(25)21-11-3-4-13(19)14(20)7-11/h3-4,7-8,22,24H,5-6,9-10H2,1-2H3,(H,21,25). The maximum Gasteiger partial charge on any atom is 0.272 e. The van der Waals surface area contributed by atoms with Crippen LogP contribution < -0.4 is 10.0 Å². The largest absolute Gasteiger partial charge is 0.394 e. The molecule has 1 aromatic heterocycles. The third-order valence-electron chi connectivity index (χ3n) is 4.86. The second-order valence-corrected chi connectivity index (χ2v) is 8.64. The molecular formula is C18H21F2N3O5S. The molecule has 0 saturated heterocycles. The number of ether oxygens (including phenoxy) is 1. The van der Waals surface area contributed by atoms with Gasteiger partial charge in [-0.15, -0.1) is 0 Å². The summed E-state index contributed by atoms with van der Waals surface area (Å²) < 4.78 is 61.1. The molecule has 1 unspecified atom stereocenters. The zero-order chi connectivity index (χ0) is 21.4. The number of aliphatic hydroxyl groups excluding tert-OH is 1. The monoisotopic (exact) mass is 429 g/mol. The topological polar surface area (TPSA) is 110 Å². The maximum atomic E-state index is 13.4. The average Bonchev–Trinajstić information content (AvgIpc) is 2.95. The molecule has 11 heteroatoms. The van der Waals surface area contributed by atoms with Crippen LogP contribution in [0.5, 0.6) is 0 Å². The van der Waals surface area contributed by atoms with Crippen molar-refractivity contribution < 1.29 is 31.8 Å². The van der Waals surface area contributed by atoms with Crippen LogP contribution in [0.4, 0.5) is 14.5 Å². The summed E-state index contributed by atoms with van der Waals surface area (Å²) in [6, 6.07) is 2.92. The van der Waals surface area contributed by atoms with Crippen molar-refractivity contribution >= 4 is 21.6 Å². The molecule has 8 nitrogen and oxygen atoms in total. The molecule has 0 fully saturated rings. The lowest BCUT2D eigenvalue weighted by Gasteiger charge is -2.30. The highest BCUT2D eigenvalue weighted by atomic mass is 32.2. The predicted octanol–water partition coefficient (Wildman–Crippen LogP) is 1.16. The van der Waals surface area contributed by atoms with Crippen molar-refractivity contribution in [2.45, 2.75) is 23.3 Å². The van der Waals surface area contributed by atoms with E-state index < -0.39 is 39.7 Å². The van der Waals surface area contributed by atoms with E-state index in [1.807, 2.05) is 0 Å². The number of anilines is 1. The van der Waals surface area contributed by atoms with Gasteiger partial charge in [-0.2, -0.15) is 0 Å². The van der Waals surface area contributed by atoms with Gasteiger partial charge < -0.3 is 19.7 Å². The molecule has 3 rings (SSSR count). The summed E-state index contributed by atoms with van der Waals surface area (Å²) in [6.07, 6.45) is 1.67. The van der Waals surface area contributed by atoms with E-state index in [0.29, 0.717) is 0 Å². The Labute approximate surface area is 166 Å². The number of amides is 1. The van der Waals surface area contributed by atoms with Gasteiger partial charge in [0.1, 0.15) is 10.6 Å². The van der Waals surface area contributed by atoms with E-state index in [1.54, 1.807) is 0 Å². The first-order valence-electron chi connectivity index (χ1n) is 8.71. The number of rotatable bonds is 5. The number of sulfonamides is 1. The van der Waals surface area contributed by atoms with E-state index in [0.717, 1.165) is 12.1 Å². The lowest BCUT2D eigenvalue weighted by molar-refractivity contribution is 0.0720. The van der Waals surface area contributed by atoms with Gasteiger partial charge in [-0.05, 0) is 25.0 Å². The number of benzene rings is 1. The fourth-order valence-corrected chi connectivity index (χ4v) is 5.20. The molecule has 1 atom stereocenters. The third-order valence-corrected chi connectivity index (χ3v) is 6.49. The van der Waals surface area contributed by atoms with Crippen LogP contribution in [-0.4, -0.2) is 49.9 Å². The Bertz CT molecular complexity index is 1050. The van der Waals surface area contributed by atoms with E-state index in [4.69, 9.17) is 4.74 Å². The number of halogens is 2. The molecule has 0 saturated carbocycles. The molecule has 1 amide bonds. The van der Waals surface area contributed by atoms with E-state index in [-0.39, 0.29) is 41.3 Å². The van der Waals surface area contributed by atoms with Crippen LogP contribution in [0, 0.1) is 11.6 Å². The first-order valence-corrected chi connectivity index (χ1v) is 10.2. The van der Waals surface area contributed by atoms with Crippen LogP contribution in [-0.2, 0) is 28.2 Å². The Balaban J connectivity index is 1.99. The van der Waals surface area contributed by atoms with Crippen LogP contribution in [0.25, 0.3) is 0 Å². The average molecular weight is 429 g/mol. The number of methoxy groups -OCH3 is 1. The fourth-order valence-electron chi connectivity index (χ4n) is 3.47. The van der Waals surface area contributed by atoms with Gasteiger partial charge in [0, 0.05) is 37.7 Å². The van der Waals surface area contributed by atoms with E-state index >= 15 is 0 Å². The molecule has 1 aliphatic heterocycles. The summed E-state index contributed by atoms with van der Waals surface area (Å²) in [4.78, 5) is 12.7. The van der Waals surface area contributed by atoms with Crippen LogP contribution in [0.1, 0.15) is 22.5 Å². The van der Waals surface area contributed by atoms with E-state index in [1.165, 1.54) is 31.0 Å². The van der Waals surface area contributed by atoms with Gasteiger partial charge in [-0.3, -0.25) is 4.79 Å². The van der Waals surface area contributed by atoms with Crippen molar-refractivity contribution in [2.75, 3.05) is 25.6 Å². The molecule has 0 bridgehead atoms. The zero-order valence-corrected chi connectivity index (χ0v) is 16.6. The Morgan fingerprint density at radius 3 is 2.72 bits per heavy atom. The van der Waals surface area contributed by atoms with E-state index in [2.05, 4.69) is 10.0 Å². The van der Waals surface area contributed by atoms with Crippen molar-refractivity contribution in [3.63, 3.8) is 0 Å². The highest BCUT2D eigenvalue weighted by Crippen LogP contribution is 2.31. The summed E-state index contributed by atoms with van der Waals surface area (Å²) >= 11 is 0. The van der Waals surface area contributed by atoms with Crippen molar-refractivity contribution in [1.82, 2.24) is 9.29 Å². The molecule has 2 heterocycles. The minimum atomic E-state index is -4.04. The van der Waals surface area contributed by atoms with Gasteiger partial charge in [0.25, 0.3) is 5.91 Å². The van der Waals surface area contributed by atoms with Crippen molar-refractivity contribution in [2.24, 2.45) is 7.05 Å². The highest BCUT2D eigenvalue weighted by Gasteiger charge is 2.41. The molecule has 0 radical (unpaired) electrons. The summed E-state index contributed by atoms with van der Waals surface area (Å²) in [5.74, 6) is -2.84. The molecule has 1 aromatic carbocycles. The molecule has 0 aliphatic carbocycles. The summed E-state index contributed by atoms with van der Waals surface area (Å²) in [5, 5.41) is 12.2. The highest BCUT2D eigenvalue weighted by molar-refractivity contribution is 7.89. The molecule has 3 N–H and O–H groups in total. The van der Waals surface area contributed by atoms with Crippen molar-refractivity contribution in [3.05, 3.63) is 47.3 Å². The van der Waals surface area contributed by atoms with Crippen LogP contribution in [0.15, 0.2) is 29.3 Å². The predicted molar refractivity (Wildman–Crippen MR) is 100 cm³/mol. The molecule has 1 aliphatic rings. The van der Waals surface area contributed by atoms with Crippen molar-refractivity contribution in [1.29, 1.82) is 0 Å². The lowest BCUT2D eigenvalue weighted by Crippen LogP contribution is -2.53. The zero-order valence-electron chi connectivity index (χ0n) is 15.8. The Morgan fingerprint density at radius 1 is 1.38 bits per heavy atom. The first-order chi connectivity index (χ1) is 13.6. The number of nitrogens with zero attached hydrogens (tertiary/aromatic N) is 1. The Morgan fingerprint density at radius 2 is 2.10 bits per heavy atom. The second kappa shape index (κ2) is 7.82. The van der Waals surface area contributed by atoms with Gasteiger partial charge >= 0.3 is 0 Å². The smallest absolute Gasteiger partial charge is 0.272 e. The number of hydrogen-bond donors (Lipinski definition) is 3. The van der Waals surface area contributed by atoms with Gasteiger partial charge in [0.15, 0.2) is 11.6 Å². The molecule has 2 aromatic rings. The first kappa shape index (κ1) is 21.4. The van der Waals surface area contributed by atoms with Gasteiger partial charge in [0.2, 0.25) is 10.0 Å². The third kappa shape index (κ3) is 4.04. The van der Waals surface area contributed by atoms with Crippen LogP contribution in [0.3, 0.4) is 0 Å². The summed E-state index contributed by atoms with van der Waals surface area (Å²) in [7, 11) is -1.14. The summed E-state index contributed by atoms with van der Waals surface area (Å²) in [5.41, 5.74) is -0.846. The number of fused-ring (bicyclic) bond motifs is 1. The van der Waals surface area contributed by atoms with Gasteiger partial charge in [-0.25, -0.2) is 21.9 Å². The number of aryl methyl sites for hydroxylation is 1. The maximum absolute atomic E-state index is 13.4. The molecule has 158 valence electrons. The van der Waals surface area contributed by atoms with Crippen LogP contribution in [0.2, 0.25) is 0 Å². The summed E-state index contributed by atoms with van der Waals surface area (Å²) in [6.45, 7) is -0.525. The number of carbonyl (C=O) groups is 1. The number of hydrogen-bond acceptors (Lipinski definition) is 5. The minimum Gasteiger partial charge on any atom is -0.394 e. The van der Waals surface area contributed by atoms with Crippen LogP contribution >= 0.6 is 0 Å². The Kier molecular flexibility index (Phi) is 5.77. The van der Waals surface area contributed by atoms with E-state index in [9.17, 15) is 27.1 Å². The number of nitrogens with one attached hydrogen (secondary N) is 2. The Hall–Kier alpha value is -2.34. The second-order valence-electron chi connectivity index (χ2n) is 6.99. The molecule has 29 heavy (non-hydrogen) atoms. The minimum absolute atomic E-state index is 0.0301. The van der Waals surface area contributed by atoms with Crippen molar-refractivity contribution in [3.8, 4) is 0 Å². The SMILES string of the molecule is COCC1(CO)CCc2c(cn(C)c2C(=O)Nc2ccc(F)c(F)c2)S(=O)(=O)N1. The molecular weight excluding hydrogens is 408 g/mol. The molecule has 0 spiro atoms. The fraction of sp³-hybridized carbons (Fsp3) is 0.389. The lowest BCUT2D eigenvalue weighted by atomic mass is 9.94. The quantitative estimate of drug-likeness (QED) is 0.661. The van der Waals surface area contributed by atoms with Gasteiger partial charge in [0.05, 0.1) is 18.8 Å². The number of aromatic nitrogens is 1. The van der Waals surface area contributed by atoms with Gasteiger partial charge in [-0.1, -0.05) is 0 Å². The number of carbonyl (C=O) groups excluding carboxylic acids is 1. The number of aliphatic hydroxyl groups is 1. The normalized spacial score (nSPS) is 20.7.